The van der Waals surface area contributed by atoms with Crippen LogP contribution in [0.3, 0.4) is 0 Å². The summed E-state index contributed by atoms with van der Waals surface area (Å²) in [6.07, 6.45) is 2.42. The minimum Gasteiger partial charge on any atom is -0.300 e. The molecule has 6 heteroatoms. The number of ketones is 1. The number of hydrogen-bond donors (Lipinski definition) is 0. The average molecular weight is 280 g/mol. The Labute approximate surface area is 116 Å². The van der Waals surface area contributed by atoms with Crippen LogP contribution in [-0.4, -0.2) is 28.2 Å². The normalized spacial score (nSPS) is 19.2. The molecule has 0 bridgehead atoms. The molecule has 0 spiro atoms. The van der Waals surface area contributed by atoms with E-state index in [1.54, 1.807) is 6.92 Å². The quantitative estimate of drug-likeness (QED) is 0.614. The molecule has 1 aliphatic rings. The van der Waals surface area contributed by atoms with Gasteiger partial charge in [-0.15, -0.1) is 0 Å². The molecule has 1 atom stereocenters. The van der Waals surface area contributed by atoms with Crippen molar-refractivity contribution in [2.75, 3.05) is 6.54 Å². The standard InChI is InChI=1S/C14H17FN2O3/c1-10(18)5-13-3-2-4-16(13)9-11-6-12(15)8-14(7-11)17(19)20/h6-8,13H,2-5,9H2,1H3. The lowest BCUT2D eigenvalue weighted by atomic mass is 10.1. The maximum absolute atomic E-state index is 13.4. The Morgan fingerprint density at radius 2 is 2.25 bits per heavy atom. The highest BCUT2D eigenvalue weighted by Gasteiger charge is 2.26. The van der Waals surface area contributed by atoms with Crippen molar-refractivity contribution in [2.24, 2.45) is 0 Å². The minimum absolute atomic E-state index is 0.132. The van der Waals surface area contributed by atoms with E-state index >= 15 is 0 Å². The van der Waals surface area contributed by atoms with Gasteiger partial charge in [0.2, 0.25) is 0 Å². The van der Waals surface area contributed by atoms with E-state index in [9.17, 15) is 19.3 Å². The highest BCUT2D eigenvalue weighted by atomic mass is 19.1. The lowest BCUT2D eigenvalue weighted by molar-refractivity contribution is -0.385. The van der Waals surface area contributed by atoms with Crippen molar-refractivity contribution in [1.82, 2.24) is 4.90 Å². The molecule has 1 aromatic carbocycles. The molecule has 1 aromatic rings. The smallest absolute Gasteiger partial charge is 0.272 e. The van der Waals surface area contributed by atoms with Gasteiger partial charge in [0.25, 0.3) is 5.69 Å². The summed E-state index contributed by atoms with van der Waals surface area (Å²) in [5.74, 6) is -0.469. The van der Waals surface area contributed by atoms with Crippen molar-refractivity contribution in [3.63, 3.8) is 0 Å². The number of nitro groups is 1. The molecule has 1 fully saturated rings. The minimum atomic E-state index is -0.600. The van der Waals surface area contributed by atoms with Crippen LogP contribution >= 0.6 is 0 Å². The van der Waals surface area contributed by atoms with E-state index in [2.05, 4.69) is 4.90 Å². The number of halogens is 1. The van der Waals surface area contributed by atoms with Crippen molar-refractivity contribution >= 4 is 11.5 Å². The van der Waals surface area contributed by atoms with Gasteiger partial charge in [-0.1, -0.05) is 0 Å². The number of nitro benzene ring substituents is 1. The van der Waals surface area contributed by atoms with Crippen LogP contribution in [0.2, 0.25) is 0 Å². The van der Waals surface area contributed by atoms with Gasteiger partial charge < -0.3 is 0 Å². The summed E-state index contributed by atoms with van der Waals surface area (Å²) in [4.78, 5) is 23.5. The van der Waals surface area contributed by atoms with Crippen molar-refractivity contribution in [3.8, 4) is 0 Å². The number of hydrogen-bond acceptors (Lipinski definition) is 4. The Morgan fingerprint density at radius 1 is 1.50 bits per heavy atom. The molecular formula is C14H17FN2O3. The summed E-state index contributed by atoms with van der Waals surface area (Å²) < 4.78 is 13.4. The molecule has 20 heavy (non-hydrogen) atoms. The van der Waals surface area contributed by atoms with E-state index in [4.69, 9.17) is 0 Å². The first-order valence-corrected chi connectivity index (χ1v) is 6.63. The largest absolute Gasteiger partial charge is 0.300 e. The van der Waals surface area contributed by atoms with Gasteiger partial charge in [-0.05, 0) is 37.9 Å². The molecule has 2 rings (SSSR count). The third kappa shape index (κ3) is 3.60. The molecule has 0 saturated carbocycles. The van der Waals surface area contributed by atoms with Crippen LogP contribution in [0, 0.1) is 15.9 Å². The lowest BCUT2D eigenvalue weighted by Crippen LogP contribution is -2.30. The van der Waals surface area contributed by atoms with Gasteiger partial charge in [-0.25, -0.2) is 4.39 Å². The van der Waals surface area contributed by atoms with E-state index in [1.807, 2.05) is 0 Å². The second-order valence-electron chi connectivity index (χ2n) is 5.25. The number of Topliss-reactive ketones (excluding diaryl/α,β-unsaturated/α-hetero) is 1. The third-order valence-corrected chi connectivity index (χ3v) is 3.56. The number of non-ortho nitro benzene ring substituents is 1. The molecule has 0 amide bonds. The van der Waals surface area contributed by atoms with Crippen LogP contribution in [0.1, 0.15) is 31.7 Å². The highest BCUT2D eigenvalue weighted by molar-refractivity contribution is 5.76. The second kappa shape index (κ2) is 6.09. The van der Waals surface area contributed by atoms with Crippen LogP contribution in [0.5, 0.6) is 0 Å². The second-order valence-corrected chi connectivity index (χ2v) is 5.25. The lowest BCUT2D eigenvalue weighted by Gasteiger charge is -2.23. The van der Waals surface area contributed by atoms with Crippen molar-refractivity contribution in [3.05, 3.63) is 39.7 Å². The van der Waals surface area contributed by atoms with Gasteiger partial charge in [0.1, 0.15) is 11.6 Å². The maximum Gasteiger partial charge on any atom is 0.272 e. The zero-order valence-corrected chi connectivity index (χ0v) is 11.3. The van der Waals surface area contributed by atoms with E-state index in [1.165, 1.54) is 12.1 Å². The third-order valence-electron chi connectivity index (χ3n) is 3.56. The Kier molecular flexibility index (Phi) is 4.44. The molecular weight excluding hydrogens is 263 g/mol. The summed E-state index contributed by atoms with van der Waals surface area (Å²) in [5, 5.41) is 10.7. The average Bonchev–Trinajstić information content (AvgIpc) is 2.75. The Balaban J connectivity index is 2.12. The van der Waals surface area contributed by atoms with Gasteiger partial charge in [-0.2, -0.15) is 0 Å². The zero-order valence-electron chi connectivity index (χ0n) is 11.3. The molecule has 0 radical (unpaired) electrons. The van der Waals surface area contributed by atoms with Gasteiger partial charge >= 0.3 is 0 Å². The monoisotopic (exact) mass is 280 g/mol. The van der Waals surface area contributed by atoms with Crippen LogP contribution < -0.4 is 0 Å². The van der Waals surface area contributed by atoms with Crippen LogP contribution in [-0.2, 0) is 11.3 Å². The summed E-state index contributed by atoms with van der Waals surface area (Å²) in [5.41, 5.74) is 0.342. The summed E-state index contributed by atoms with van der Waals surface area (Å²) >= 11 is 0. The van der Waals surface area contributed by atoms with E-state index < -0.39 is 10.7 Å². The van der Waals surface area contributed by atoms with E-state index in [0.717, 1.165) is 25.5 Å². The molecule has 5 nitrogen and oxygen atoms in total. The SMILES string of the molecule is CC(=O)CC1CCCN1Cc1cc(F)cc([N+](=O)[O-])c1. The maximum atomic E-state index is 13.4. The summed E-state index contributed by atoms with van der Waals surface area (Å²) in [7, 11) is 0. The topological polar surface area (TPSA) is 63.5 Å². The number of nitrogens with zero attached hydrogens (tertiary/aromatic N) is 2. The molecule has 1 unspecified atom stereocenters. The Morgan fingerprint density at radius 3 is 2.90 bits per heavy atom. The first-order chi connectivity index (χ1) is 9.45. The molecule has 1 aliphatic heterocycles. The van der Waals surface area contributed by atoms with Crippen molar-refractivity contribution in [2.45, 2.75) is 38.8 Å². The summed E-state index contributed by atoms with van der Waals surface area (Å²) in [6.45, 7) is 2.84. The van der Waals surface area contributed by atoms with Gasteiger partial charge in [-0.3, -0.25) is 19.8 Å². The van der Waals surface area contributed by atoms with Crippen molar-refractivity contribution < 1.29 is 14.1 Å². The molecule has 0 N–H and O–H groups in total. The van der Waals surface area contributed by atoms with E-state index in [0.29, 0.717) is 18.5 Å². The van der Waals surface area contributed by atoms with Gasteiger partial charge in [0, 0.05) is 25.1 Å². The molecule has 1 heterocycles. The number of rotatable bonds is 5. The number of likely N-dealkylation sites (tertiary alicyclic amines) is 1. The molecule has 0 aromatic heterocycles. The van der Waals surface area contributed by atoms with Crippen LogP contribution in [0.25, 0.3) is 0 Å². The predicted octanol–water partition coefficient (Wildman–Crippen LogP) is 2.68. The molecule has 0 aliphatic carbocycles. The molecule has 108 valence electrons. The number of carbonyl (C=O) groups is 1. The zero-order chi connectivity index (χ0) is 14.7. The van der Waals surface area contributed by atoms with Gasteiger partial charge in [0.05, 0.1) is 11.0 Å². The highest BCUT2D eigenvalue weighted by Crippen LogP contribution is 2.24. The number of carbonyl (C=O) groups excluding carboxylic acids is 1. The first-order valence-electron chi connectivity index (χ1n) is 6.63. The molecule has 1 saturated heterocycles. The van der Waals surface area contributed by atoms with Gasteiger partial charge in [0.15, 0.2) is 0 Å². The van der Waals surface area contributed by atoms with Crippen molar-refractivity contribution in [1.29, 1.82) is 0 Å². The fourth-order valence-electron chi connectivity index (χ4n) is 2.73. The van der Waals surface area contributed by atoms with Crippen LogP contribution in [0.4, 0.5) is 10.1 Å². The summed E-state index contributed by atoms with van der Waals surface area (Å²) in [6, 6.07) is 3.79. The fourth-order valence-corrected chi connectivity index (χ4v) is 2.73. The number of benzene rings is 1. The van der Waals surface area contributed by atoms with E-state index in [-0.39, 0.29) is 17.5 Å². The first kappa shape index (κ1) is 14.6. The predicted molar refractivity (Wildman–Crippen MR) is 71.8 cm³/mol. The Hall–Kier alpha value is -1.82. The van der Waals surface area contributed by atoms with Crippen LogP contribution in [0.15, 0.2) is 18.2 Å². The fraction of sp³-hybridized carbons (Fsp3) is 0.500. The Bertz CT molecular complexity index is 533.